The minimum atomic E-state index is 0.00499. The standard InChI is InChI=1S/C22H20ClN3O2/c23-19-3-1-2-18(12-19)15-4-6-16(7-5-15)21(28)17-8-10-26(11-9-17)22-24-13-20(27)14-25-22/h1-7,12-14,17,27H,8-11H2. The molecular formula is C22H20ClN3O2. The Hall–Kier alpha value is -2.92. The van der Waals surface area contributed by atoms with Crippen molar-refractivity contribution < 1.29 is 9.90 Å². The predicted molar refractivity (Wildman–Crippen MR) is 110 cm³/mol. The molecule has 1 N–H and O–H groups in total. The van der Waals surface area contributed by atoms with Crippen LogP contribution in [-0.4, -0.2) is 33.9 Å². The number of Topliss-reactive ketones (excluding diaryl/α,β-unsaturated/α-hetero) is 1. The van der Waals surface area contributed by atoms with Gasteiger partial charge in [-0.3, -0.25) is 4.79 Å². The third-order valence-corrected chi connectivity index (χ3v) is 5.34. The molecule has 0 amide bonds. The van der Waals surface area contributed by atoms with Crippen LogP contribution in [0.5, 0.6) is 5.75 Å². The number of carbonyl (C=O) groups is 1. The van der Waals surface area contributed by atoms with Crippen LogP contribution in [0.3, 0.4) is 0 Å². The molecule has 1 aliphatic heterocycles. The number of piperidine rings is 1. The molecule has 0 unspecified atom stereocenters. The van der Waals surface area contributed by atoms with Crippen molar-refractivity contribution in [1.29, 1.82) is 0 Å². The minimum absolute atomic E-state index is 0.00499. The number of halogens is 1. The smallest absolute Gasteiger partial charge is 0.225 e. The molecule has 1 fully saturated rings. The zero-order valence-corrected chi connectivity index (χ0v) is 16.0. The zero-order chi connectivity index (χ0) is 19.5. The van der Waals surface area contributed by atoms with E-state index in [9.17, 15) is 9.90 Å². The Kier molecular flexibility index (Phi) is 5.26. The molecule has 142 valence electrons. The van der Waals surface area contributed by atoms with Crippen LogP contribution in [-0.2, 0) is 0 Å². The summed E-state index contributed by atoms with van der Waals surface area (Å²) < 4.78 is 0. The van der Waals surface area contributed by atoms with Gasteiger partial charge in [-0.2, -0.15) is 0 Å². The Bertz CT molecular complexity index is 966. The molecule has 1 saturated heterocycles. The summed E-state index contributed by atoms with van der Waals surface area (Å²) in [4.78, 5) is 23.2. The predicted octanol–water partition coefficient (Wildman–Crippen LogP) is 4.60. The monoisotopic (exact) mass is 393 g/mol. The van der Waals surface area contributed by atoms with Crippen molar-refractivity contribution in [3.05, 3.63) is 71.5 Å². The first-order valence-corrected chi connectivity index (χ1v) is 9.64. The summed E-state index contributed by atoms with van der Waals surface area (Å²) >= 11 is 6.06. The van der Waals surface area contributed by atoms with E-state index in [0.717, 1.165) is 42.6 Å². The van der Waals surface area contributed by atoms with Gasteiger partial charge in [0.25, 0.3) is 0 Å². The van der Waals surface area contributed by atoms with Crippen LogP contribution in [0.25, 0.3) is 11.1 Å². The fourth-order valence-corrected chi connectivity index (χ4v) is 3.74. The van der Waals surface area contributed by atoms with E-state index in [-0.39, 0.29) is 17.5 Å². The van der Waals surface area contributed by atoms with Crippen LogP contribution in [0.4, 0.5) is 5.95 Å². The van der Waals surface area contributed by atoms with E-state index in [1.54, 1.807) is 0 Å². The number of rotatable bonds is 4. The Morgan fingerprint density at radius 1 is 1.00 bits per heavy atom. The maximum Gasteiger partial charge on any atom is 0.225 e. The summed E-state index contributed by atoms with van der Waals surface area (Å²) in [7, 11) is 0. The van der Waals surface area contributed by atoms with Crippen molar-refractivity contribution in [2.24, 2.45) is 5.92 Å². The van der Waals surface area contributed by atoms with Crippen LogP contribution in [0.1, 0.15) is 23.2 Å². The Morgan fingerprint density at radius 3 is 2.32 bits per heavy atom. The molecule has 28 heavy (non-hydrogen) atoms. The second kappa shape index (κ2) is 7.98. The number of hydrogen-bond donors (Lipinski definition) is 1. The first-order valence-electron chi connectivity index (χ1n) is 9.26. The van der Waals surface area contributed by atoms with Crippen molar-refractivity contribution >= 4 is 23.3 Å². The highest BCUT2D eigenvalue weighted by molar-refractivity contribution is 6.30. The van der Waals surface area contributed by atoms with E-state index in [2.05, 4.69) is 9.97 Å². The molecule has 2 heterocycles. The van der Waals surface area contributed by atoms with Crippen LogP contribution in [0.2, 0.25) is 5.02 Å². The molecule has 0 spiro atoms. The largest absolute Gasteiger partial charge is 0.505 e. The third kappa shape index (κ3) is 3.99. The van der Waals surface area contributed by atoms with Gasteiger partial charge in [0, 0.05) is 29.6 Å². The van der Waals surface area contributed by atoms with E-state index in [1.807, 2.05) is 53.4 Å². The molecular weight excluding hydrogens is 374 g/mol. The molecule has 2 aromatic carbocycles. The first-order chi connectivity index (χ1) is 13.6. The van der Waals surface area contributed by atoms with Crippen LogP contribution >= 0.6 is 11.6 Å². The normalized spacial score (nSPS) is 14.8. The molecule has 5 nitrogen and oxygen atoms in total. The number of ketones is 1. The Labute approximate surface area is 168 Å². The second-order valence-corrected chi connectivity index (χ2v) is 7.39. The lowest BCUT2D eigenvalue weighted by Gasteiger charge is -2.31. The molecule has 0 saturated carbocycles. The molecule has 0 radical (unpaired) electrons. The van der Waals surface area contributed by atoms with Crippen molar-refractivity contribution in [3.63, 3.8) is 0 Å². The second-order valence-electron chi connectivity index (χ2n) is 6.95. The van der Waals surface area contributed by atoms with Crippen molar-refractivity contribution in [3.8, 4) is 16.9 Å². The number of benzene rings is 2. The van der Waals surface area contributed by atoms with Gasteiger partial charge in [0.2, 0.25) is 5.95 Å². The van der Waals surface area contributed by atoms with Crippen LogP contribution in [0.15, 0.2) is 60.9 Å². The van der Waals surface area contributed by atoms with Crippen LogP contribution < -0.4 is 4.90 Å². The topological polar surface area (TPSA) is 66.3 Å². The summed E-state index contributed by atoms with van der Waals surface area (Å²) in [6.07, 6.45) is 4.31. The van der Waals surface area contributed by atoms with Gasteiger partial charge in [-0.1, -0.05) is 48.0 Å². The first kappa shape index (κ1) is 18.4. The quantitative estimate of drug-likeness (QED) is 0.656. The summed E-state index contributed by atoms with van der Waals surface area (Å²) in [5.74, 6) is 0.832. The van der Waals surface area contributed by atoms with Gasteiger partial charge in [0.05, 0.1) is 12.4 Å². The van der Waals surface area contributed by atoms with Crippen molar-refractivity contribution in [2.75, 3.05) is 18.0 Å². The summed E-state index contributed by atoms with van der Waals surface area (Å²) in [5.41, 5.74) is 2.82. The number of hydrogen-bond acceptors (Lipinski definition) is 5. The lowest BCUT2D eigenvalue weighted by molar-refractivity contribution is 0.0900. The van der Waals surface area contributed by atoms with Gasteiger partial charge in [0.1, 0.15) is 0 Å². The van der Waals surface area contributed by atoms with E-state index < -0.39 is 0 Å². The van der Waals surface area contributed by atoms with E-state index in [0.29, 0.717) is 11.0 Å². The molecule has 0 aliphatic carbocycles. The lowest BCUT2D eigenvalue weighted by atomic mass is 9.88. The van der Waals surface area contributed by atoms with Gasteiger partial charge >= 0.3 is 0 Å². The summed E-state index contributed by atoms with van der Waals surface area (Å²) in [6, 6.07) is 15.4. The van der Waals surface area contributed by atoms with Crippen LogP contribution in [0, 0.1) is 5.92 Å². The van der Waals surface area contributed by atoms with E-state index in [1.165, 1.54) is 12.4 Å². The Balaban J connectivity index is 1.40. The van der Waals surface area contributed by atoms with Gasteiger partial charge in [-0.15, -0.1) is 0 Å². The summed E-state index contributed by atoms with van der Waals surface area (Å²) in [6.45, 7) is 1.45. The van der Waals surface area contributed by atoms with E-state index >= 15 is 0 Å². The van der Waals surface area contributed by atoms with Crippen molar-refractivity contribution in [1.82, 2.24) is 9.97 Å². The number of carbonyl (C=O) groups excluding carboxylic acids is 1. The maximum atomic E-state index is 12.9. The zero-order valence-electron chi connectivity index (χ0n) is 15.3. The number of nitrogens with zero attached hydrogens (tertiary/aromatic N) is 3. The average Bonchev–Trinajstić information content (AvgIpc) is 2.74. The molecule has 1 aromatic heterocycles. The molecule has 0 bridgehead atoms. The molecule has 4 rings (SSSR count). The van der Waals surface area contributed by atoms with E-state index in [4.69, 9.17) is 11.6 Å². The highest BCUT2D eigenvalue weighted by atomic mass is 35.5. The third-order valence-electron chi connectivity index (χ3n) is 5.10. The molecule has 1 aliphatic rings. The number of anilines is 1. The molecule has 3 aromatic rings. The summed E-state index contributed by atoms with van der Waals surface area (Å²) in [5, 5.41) is 10.0. The highest BCUT2D eigenvalue weighted by Gasteiger charge is 2.26. The average molecular weight is 394 g/mol. The minimum Gasteiger partial charge on any atom is -0.505 e. The highest BCUT2D eigenvalue weighted by Crippen LogP contribution is 2.27. The number of aromatic nitrogens is 2. The van der Waals surface area contributed by atoms with Gasteiger partial charge in [0.15, 0.2) is 11.5 Å². The van der Waals surface area contributed by atoms with Crippen molar-refractivity contribution in [2.45, 2.75) is 12.8 Å². The Morgan fingerprint density at radius 2 is 1.68 bits per heavy atom. The maximum absolute atomic E-state index is 12.9. The number of aromatic hydroxyl groups is 1. The van der Waals surface area contributed by atoms with Gasteiger partial charge in [-0.05, 0) is 36.1 Å². The van der Waals surface area contributed by atoms with Gasteiger partial charge < -0.3 is 10.0 Å². The fourth-order valence-electron chi connectivity index (χ4n) is 3.55. The lowest BCUT2D eigenvalue weighted by Crippen LogP contribution is -2.37. The SMILES string of the molecule is O=C(c1ccc(-c2cccc(Cl)c2)cc1)C1CCN(c2ncc(O)cn2)CC1. The molecule has 6 heteroatoms. The molecule has 0 atom stereocenters. The fraction of sp³-hybridized carbons (Fsp3) is 0.227. The van der Waals surface area contributed by atoms with Gasteiger partial charge in [-0.25, -0.2) is 9.97 Å².